The molecular formula is C25H25FN4O2S. The van der Waals surface area contributed by atoms with Gasteiger partial charge in [-0.05, 0) is 48.7 Å². The lowest BCUT2D eigenvalue weighted by Crippen LogP contribution is -2.33. The minimum atomic E-state index is -0.501. The van der Waals surface area contributed by atoms with Gasteiger partial charge < -0.3 is 4.90 Å². The van der Waals surface area contributed by atoms with E-state index in [4.69, 9.17) is 0 Å². The summed E-state index contributed by atoms with van der Waals surface area (Å²) < 4.78 is 14.3. The fourth-order valence-electron chi connectivity index (χ4n) is 4.05. The van der Waals surface area contributed by atoms with Gasteiger partial charge in [0.1, 0.15) is 5.82 Å². The number of hydrogen-bond donors (Lipinski definition) is 0. The summed E-state index contributed by atoms with van der Waals surface area (Å²) in [6.45, 7) is 2.06. The van der Waals surface area contributed by atoms with Crippen LogP contribution in [0.3, 0.4) is 0 Å². The molecule has 0 bridgehead atoms. The molecule has 1 saturated heterocycles. The first-order valence-corrected chi connectivity index (χ1v) is 11.8. The minimum absolute atomic E-state index is 0.0212. The maximum Gasteiger partial charge on any atom is 0.247 e. The van der Waals surface area contributed by atoms with E-state index >= 15 is 0 Å². The number of nitrogens with zero attached hydrogens (tertiary/aromatic N) is 4. The largest absolute Gasteiger partial charge is 0.332 e. The topological polar surface area (TPSA) is 66.4 Å². The lowest BCUT2D eigenvalue weighted by atomic mass is 10.0. The molecule has 1 aliphatic heterocycles. The fraction of sp³-hybridized carbons (Fsp3) is 0.280. The Morgan fingerprint density at radius 2 is 1.94 bits per heavy atom. The number of anilines is 2. The van der Waals surface area contributed by atoms with Crippen molar-refractivity contribution in [3.8, 4) is 0 Å². The number of likely N-dealkylation sites (tertiary alicyclic amines) is 1. The van der Waals surface area contributed by atoms with Crippen LogP contribution in [0.4, 0.5) is 15.2 Å². The summed E-state index contributed by atoms with van der Waals surface area (Å²) in [5.74, 6) is -0.921. The second kappa shape index (κ2) is 10.5. The number of aromatic nitrogens is 2. The maximum atomic E-state index is 14.3. The molecule has 8 heteroatoms. The first kappa shape index (κ1) is 22.8. The highest BCUT2D eigenvalue weighted by Gasteiger charge is 2.25. The van der Waals surface area contributed by atoms with Gasteiger partial charge in [0.15, 0.2) is 5.13 Å². The summed E-state index contributed by atoms with van der Waals surface area (Å²) in [4.78, 5) is 37.0. The fourth-order valence-corrected chi connectivity index (χ4v) is 4.90. The van der Waals surface area contributed by atoms with E-state index in [1.807, 2.05) is 17.0 Å². The predicted octanol–water partition coefficient (Wildman–Crippen LogP) is 5.52. The van der Waals surface area contributed by atoms with Gasteiger partial charge >= 0.3 is 0 Å². The number of benzene rings is 1. The van der Waals surface area contributed by atoms with Crippen molar-refractivity contribution in [2.45, 2.75) is 38.6 Å². The summed E-state index contributed by atoms with van der Waals surface area (Å²) in [7, 11) is 0. The molecule has 1 aromatic carbocycles. The standard InChI is InChI=1S/C25H25FN4O2S/c1-18(31)30(23-9-5-4-7-21(23)26)25-28-20(17-33-25)10-11-24(32)29-16-6-2-3-8-22(29)19-12-14-27-15-13-19/h4-5,7,9-15,17,22H,2-3,6,8,16H2,1H3/b11-10+. The molecule has 0 spiro atoms. The summed E-state index contributed by atoms with van der Waals surface area (Å²) in [6, 6.07) is 10.0. The van der Waals surface area contributed by atoms with Crippen molar-refractivity contribution < 1.29 is 14.0 Å². The lowest BCUT2D eigenvalue weighted by Gasteiger charge is -2.29. The number of thiazole rings is 1. The number of carbonyl (C=O) groups is 2. The van der Waals surface area contributed by atoms with Gasteiger partial charge in [0.25, 0.3) is 0 Å². The summed E-state index contributed by atoms with van der Waals surface area (Å²) in [6.07, 6.45) is 10.8. The normalized spacial score (nSPS) is 16.5. The van der Waals surface area contributed by atoms with Crippen LogP contribution in [0.1, 0.15) is 49.9 Å². The number of amides is 2. The minimum Gasteiger partial charge on any atom is -0.332 e. The van der Waals surface area contributed by atoms with E-state index < -0.39 is 5.82 Å². The molecule has 1 unspecified atom stereocenters. The van der Waals surface area contributed by atoms with Crippen molar-refractivity contribution in [3.63, 3.8) is 0 Å². The monoisotopic (exact) mass is 464 g/mol. The summed E-state index contributed by atoms with van der Waals surface area (Å²) >= 11 is 1.22. The number of hydrogen-bond acceptors (Lipinski definition) is 5. The Balaban J connectivity index is 1.54. The molecule has 0 saturated carbocycles. The van der Waals surface area contributed by atoms with Crippen molar-refractivity contribution in [2.75, 3.05) is 11.4 Å². The van der Waals surface area contributed by atoms with E-state index in [2.05, 4.69) is 9.97 Å². The molecule has 1 fully saturated rings. The molecule has 0 radical (unpaired) electrons. The maximum absolute atomic E-state index is 14.3. The Morgan fingerprint density at radius 1 is 1.15 bits per heavy atom. The summed E-state index contributed by atoms with van der Waals surface area (Å²) in [5, 5.41) is 2.10. The van der Waals surface area contributed by atoms with Gasteiger partial charge in [0.2, 0.25) is 11.8 Å². The Kier molecular flexibility index (Phi) is 7.24. The van der Waals surface area contributed by atoms with Crippen LogP contribution >= 0.6 is 11.3 Å². The van der Waals surface area contributed by atoms with Crippen LogP contribution in [0.15, 0.2) is 60.2 Å². The molecule has 170 valence electrons. The van der Waals surface area contributed by atoms with E-state index in [1.165, 1.54) is 41.4 Å². The van der Waals surface area contributed by atoms with Crippen molar-refractivity contribution >= 4 is 40.0 Å². The Bertz CT molecular complexity index is 1150. The van der Waals surface area contributed by atoms with Gasteiger partial charge in [0.05, 0.1) is 17.4 Å². The van der Waals surface area contributed by atoms with Crippen LogP contribution in [-0.4, -0.2) is 33.2 Å². The van der Waals surface area contributed by atoms with Crippen LogP contribution in [0, 0.1) is 5.82 Å². The zero-order valence-electron chi connectivity index (χ0n) is 18.4. The molecule has 0 N–H and O–H groups in total. The second-order valence-electron chi connectivity index (χ2n) is 7.87. The Morgan fingerprint density at radius 3 is 2.70 bits per heavy atom. The number of rotatable bonds is 5. The van der Waals surface area contributed by atoms with Gasteiger partial charge in [-0.2, -0.15) is 0 Å². The van der Waals surface area contributed by atoms with Gasteiger partial charge in [-0.1, -0.05) is 25.0 Å². The highest BCUT2D eigenvalue weighted by atomic mass is 32.1. The van der Waals surface area contributed by atoms with Crippen LogP contribution in [-0.2, 0) is 9.59 Å². The van der Waals surface area contributed by atoms with E-state index in [0.29, 0.717) is 17.4 Å². The lowest BCUT2D eigenvalue weighted by molar-refractivity contribution is -0.128. The number of pyridine rings is 1. The Labute approximate surface area is 196 Å². The average molecular weight is 465 g/mol. The third-order valence-corrected chi connectivity index (χ3v) is 6.48. The van der Waals surface area contributed by atoms with Gasteiger partial charge in [-0.3, -0.25) is 19.5 Å². The predicted molar refractivity (Wildman–Crippen MR) is 128 cm³/mol. The molecule has 1 atom stereocenters. The molecule has 1 aliphatic rings. The molecule has 3 aromatic rings. The highest BCUT2D eigenvalue weighted by Crippen LogP contribution is 2.32. The van der Waals surface area contributed by atoms with Gasteiger partial charge in [-0.25, -0.2) is 9.37 Å². The zero-order valence-corrected chi connectivity index (χ0v) is 19.2. The smallest absolute Gasteiger partial charge is 0.247 e. The van der Waals surface area contributed by atoms with Gasteiger partial charge in [0, 0.05) is 37.3 Å². The van der Waals surface area contributed by atoms with Crippen molar-refractivity contribution in [1.82, 2.24) is 14.9 Å². The first-order valence-electron chi connectivity index (χ1n) is 10.9. The van der Waals surface area contributed by atoms with Crippen molar-refractivity contribution in [1.29, 1.82) is 0 Å². The van der Waals surface area contributed by atoms with E-state index in [9.17, 15) is 14.0 Å². The Hall–Kier alpha value is -3.39. The first-order chi connectivity index (χ1) is 16.0. The third-order valence-electron chi connectivity index (χ3n) is 5.63. The average Bonchev–Trinajstić information content (AvgIpc) is 3.13. The molecule has 0 aliphatic carbocycles. The van der Waals surface area contributed by atoms with Crippen LogP contribution in [0.2, 0.25) is 0 Å². The van der Waals surface area contributed by atoms with E-state index in [0.717, 1.165) is 31.2 Å². The third kappa shape index (κ3) is 5.34. The number of carbonyl (C=O) groups excluding carboxylic acids is 2. The molecule has 2 aromatic heterocycles. The molecule has 6 nitrogen and oxygen atoms in total. The van der Waals surface area contributed by atoms with E-state index in [1.54, 1.807) is 36.0 Å². The molecule has 2 amide bonds. The molecule has 3 heterocycles. The van der Waals surface area contributed by atoms with Crippen LogP contribution < -0.4 is 4.90 Å². The number of para-hydroxylation sites is 1. The number of halogens is 1. The van der Waals surface area contributed by atoms with Crippen LogP contribution in [0.5, 0.6) is 0 Å². The molecular weight excluding hydrogens is 439 g/mol. The molecule has 33 heavy (non-hydrogen) atoms. The van der Waals surface area contributed by atoms with Crippen LogP contribution in [0.25, 0.3) is 6.08 Å². The van der Waals surface area contributed by atoms with Crippen molar-refractivity contribution in [3.05, 3.63) is 77.3 Å². The zero-order chi connectivity index (χ0) is 23.2. The molecule has 4 rings (SSSR count). The van der Waals surface area contributed by atoms with Gasteiger partial charge in [-0.15, -0.1) is 11.3 Å². The van der Waals surface area contributed by atoms with Crippen molar-refractivity contribution in [2.24, 2.45) is 0 Å². The summed E-state index contributed by atoms with van der Waals surface area (Å²) in [5.41, 5.74) is 1.78. The highest BCUT2D eigenvalue weighted by molar-refractivity contribution is 7.14. The quantitative estimate of drug-likeness (QED) is 0.467. The second-order valence-corrected chi connectivity index (χ2v) is 8.71. The SMILES string of the molecule is CC(=O)N(c1nc(/C=C/C(=O)N2CCCCCC2c2ccncc2)cs1)c1ccccc1F. The van der Waals surface area contributed by atoms with E-state index in [-0.39, 0.29) is 23.5 Å².